The summed E-state index contributed by atoms with van der Waals surface area (Å²) in [6.07, 6.45) is 5.31. The zero-order valence-electron chi connectivity index (χ0n) is 9.37. The van der Waals surface area contributed by atoms with Crippen LogP contribution in [0.3, 0.4) is 0 Å². The van der Waals surface area contributed by atoms with E-state index in [9.17, 15) is 9.59 Å². The molecule has 0 fully saturated rings. The van der Waals surface area contributed by atoms with Crippen LogP contribution in [0.4, 0.5) is 5.69 Å². The molecule has 2 N–H and O–H groups in total. The molecule has 1 aliphatic heterocycles. The molecule has 1 amide bonds. The van der Waals surface area contributed by atoms with Gasteiger partial charge in [0, 0.05) is 15.7 Å². The van der Waals surface area contributed by atoms with Crippen molar-refractivity contribution in [2.75, 3.05) is 5.32 Å². The Labute approximate surface area is 112 Å². The normalized spacial score (nSPS) is 19.1. The molecule has 0 saturated carbocycles. The van der Waals surface area contributed by atoms with Crippen molar-refractivity contribution in [3.05, 3.63) is 39.9 Å². The summed E-state index contributed by atoms with van der Waals surface area (Å²) in [6.45, 7) is 0. The first-order valence-electron chi connectivity index (χ1n) is 5.58. The van der Waals surface area contributed by atoms with Crippen LogP contribution >= 0.6 is 15.9 Å². The molecular weight excluding hydrogens is 298 g/mol. The van der Waals surface area contributed by atoms with Gasteiger partial charge in [0.15, 0.2) is 0 Å². The van der Waals surface area contributed by atoms with Crippen molar-refractivity contribution in [3.8, 4) is 0 Å². The van der Waals surface area contributed by atoms with E-state index in [1.54, 1.807) is 6.07 Å². The highest BCUT2D eigenvalue weighted by molar-refractivity contribution is 9.10. The van der Waals surface area contributed by atoms with Crippen molar-refractivity contribution >= 4 is 33.5 Å². The average molecular weight is 308 g/mol. The summed E-state index contributed by atoms with van der Waals surface area (Å²) in [7, 11) is 0. The number of anilines is 1. The van der Waals surface area contributed by atoms with Crippen molar-refractivity contribution in [3.63, 3.8) is 0 Å². The molecule has 1 aromatic carbocycles. The van der Waals surface area contributed by atoms with E-state index in [4.69, 9.17) is 5.11 Å². The van der Waals surface area contributed by atoms with E-state index in [0.29, 0.717) is 23.0 Å². The Morgan fingerprint density at radius 3 is 2.61 bits per heavy atom. The highest BCUT2D eigenvalue weighted by Crippen LogP contribution is 2.49. The van der Waals surface area contributed by atoms with Crippen LogP contribution < -0.4 is 5.32 Å². The lowest BCUT2D eigenvalue weighted by Gasteiger charge is -2.21. The van der Waals surface area contributed by atoms with Gasteiger partial charge >= 0.3 is 5.97 Å². The van der Waals surface area contributed by atoms with Crippen LogP contribution in [0.5, 0.6) is 0 Å². The average Bonchev–Trinajstić information content (AvgIpc) is 2.87. The Hall–Kier alpha value is -1.62. The summed E-state index contributed by atoms with van der Waals surface area (Å²) in [4.78, 5) is 23.2. The molecule has 0 unspecified atom stereocenters. The summed E-state index contributed by atoms with van der Waals surface area (Å²) in [5, 5.41) is 11.8. The maximum atomic E-state index is 12.2. The van der Waals surface area contributed by atoms with Crippen LogP contribution in [-0.4, -0.2) is 17.0 Å². The van der Waals surface area contributed by atoms with Gasteiger partial charge in [0.05, 0.1) is 11.0 Å². The number of carboxylic acid groups (broad SMARTS) is 1. The quantitative estimate of drug-likeness (QED) is 0.784. The second kappa shape index (κ2) is 3.68. The molecule has 1 aromatic rings. The molecule has 3 rings (SSSR count). The number of hydrogen-bond donors (Lipinski definition) is 2. The number of carboxylic acids is 1. The van der Waals surface area contributed by atoms with E-state index >= 15 is 0 Å². The van der Waals surface area contributed by atoms with E-state index in [-0.39, 0.29) is 11.5 Å². The standard InChI is InChI=1S/C13H10BrNO3/c14-8-5-7(11(16)17)6-9-10(8)13(12(18)15-9)3-1-2-4-13/h1-2,5-6H,3-4H2,(H,15,18)(H,16,17). The van der Waals surface area contributed by atoms with Crippen LogP contribution in [0.15, 0.2) is 28.8 Å². The SMILES string of the molecule is O=C(O)c1cc(Br)c2c(c1)NC(=O)C21CC=CC1. The van der Waals surface area contributed by atoms with Gasteiger partial charge in [-0.2, -0.15) is 0 Å². The maximum absolute atomic E-state index is 12.2. The van der Waals surface area contributed by atoms with Crippen molar-refractivity contribution in [2.45, 2.75) is 18.3 Å². The molecule has 0 atom stereocenters. The summed E-state index contributed by atoms with van der Waals surface area (Å²) >= 11 is 3.40. The first-order chi connectivity index (χ1) is 8.54. The fraction of sp³-hybridized carbons (Fsp3) is 0.231. The van der Waals surface area contributed by atoms with Gasteiger partial charge < -0.3 is 10.4 Å². The minimum Gasteiger partial charge on any atom is -0.478 e. The van der Waals surface area contributed by atoms with E-state index in [1.807, 2.05) is 12.2 Å². The zero-order valence-corrected chi connectivity index (χ0v) is 11.0. The number of nitrogens with one attached hydrogen (secondary N) is 1. The van der Waals surface area contributed by atoms with Crippen LogP contribution in [0.25, 0.3) is 0 Å². The molecule has 0 aromatic heterocycles. The number of benzene rings is 1. The lowest BCUT2D eigenvalue weighted by atomic mass is 9.79. The number of carbonyl (C=O) groups excluding carboxylic acids is 1. The second-order valence-electron chi connectivity index (χ2n) is 4.60. The van der Waals surface area contributed by atoms with Crippen LogP contribution in [0.1, 0.15) is 28.8 Å². The number of aromatic carboxylic acids is 1. The molecule has 5 heteroatoms. The number of fused-ring (bicyclic) bond motifs is 2. The van der Waals surface area contributed by atoms with E-state index in [2.05, 4.69) is 21.2 Å². The smallest absolute Gasteiger partial charge is 0.335 e. The van der Waals surface area contributed by atoms with Crippen LogP contribution in [0, 0.1) is 0 Å². The molecular formula is C13H10BrNO3. The Morgan fingerprint density at radius 2 is 2.00 bits per heavy atom. The number of allylic oxidation sites excluding steroid dienone is 2. The maximum Gasteiger partial charge on any atom is 0.335 e. The molecule has 0 radical (unpaired) electrons. The Kier molecular flexibility index (Phi) is 2.35. The molecule has 18 heavy (non-hydrogen) atoms. The molecule has 92 valence electrons. The minimum atomic E-state index is -1.00. The van der Waals surface area contributed by atoms with Gasteiger partial charge in [-0.15, -0.1) is 0 Å². The number of carbonyl (C=O) groups is 2. The number of halogens is 1. The summed E-state index contributed by atoms with van der Waals surface area (Å²) in [6, 6.07) is 3.08. The predicted octanol–water partition coefficient (Wildman–Crippen LogP) is 2.69. The largest absolute Gasteiger partial charge is 0.478 e. The van der Waals surface area contributed by atoms with Crippen molar-refractivity contribution in [1.82, 2.24) is 0 Å². The molecule has 1 aliphatic carbocycles. The van der Waals surface area contributed by atoms with Gasteiger partial charge in [-0.3, -0.25) is 4.79 Å². The minimum absolute atomic E-state index is 0.0502. The monoisotopic (exact) mass is 307 g/mol. The van der Waals surface area contributed by atoms with Gasteiger partial charge in [-0.05, 0) is 25.0 Å². The Balaban J connectivity index is 2.20. The van der Waals surface area contributed by atoms with Gasteiger partial charge in [-0.25, -0.2) is 4.79 Å². The molecule has 1 heterocycles. The topological polar surface area (TPSA) is 66.4 Å². The molecule has 4 nitrogen and oxygen atoms in total. The second-order valence-corrected chi connectivity index (χ2v) is 5.46. The summed E-state index contributed by atoms with van der Waals surface area (Å²) in [5.41, 5.74) is 1.10. The van der Waals surface area contributed by atoms with Gasteiger partial charge in [0.1, 0.15) is 0 Å². The lowest BCUT2D eigenvalue weighted by molar-refractivity contribution is -0.120. The van der Waals surface area contributed by atoms with E-state index < -0.39 is 11.4 Å². The third-order valence-corrected chi connectivity index (χ3v) is 4.22. The van der Waals surface area contributed by atoms with Crippen LogP contribution in [0.2, 0.25) is 0 Å². The molecule has 2 aliphatic rings. The number of amides is 1. The highest BCUT2D eigenvalue weighted by atomic mass is 79.9. The molecule has 0 bridgehead atoms. The van der Waals surface area contributed by atoms with Crippen molar-refractivity contribution in [1.29, 1.82) is 0 Å². The van der Waals surface area contributed by atoms with E-state index in [0.717, 1.165) is 5.56 Å². The third-order valence-electron chi connectivity index (χ3n) is 3.60. The fourth-order valence-electron chi connectivity index (χ4n) is 2.71. The zero-order chi connectivity index (χ0) is 12.9. The molecule has 0 saturated heterocycles. The Morgan fingerprint density at radius 1 is 1.33 bits per heavy atom. The molecule has 1 spiro atoms. The third kappa shape index (κ3) is 1.37. The van der Waals surface area contributed by atoms with Gasteiger partial charge in [-0.1, -0.05) is 28.1 Å². The predicted molar refractivity (Wildman–Crippen MR) is 69.8 cm³/mol. The highest BCUT2D eigenvalue weighted by Gasteiger charge is 2.48. The van der Waals surface area contributed by atoms with Crippen molar-refractivity contribution < 1.29 is 14.7 Å². The van der Waals surface area contributed by atoms with E-state index in [1.165, 1.54) is 6.07 Å². The number of hydrogen-bond acceptors (Lipinski definition) is 2. The Bertz CT molecular complexity index is 598. The summed E-state index contributed by atoms with van der Waals surface area (Å²) < 4.78 is 0.680. The van der Waals surface area contributed by atoms with Crippen molar-refractivity contribution in [2.24, 2.45) is 0 Å². The fourth-order valence-corrected chi connectivity index (χ4v) is 3.55. The summed E-state index contributed by atoms with van der Waals surface area (Å²) in [5.74, 6) is -1.05. The first-order valence-corrected chi connectivity index (χ1v) is 6.38. The van der Waals surface area contributed by atoms with Crippen LogP contribution in [-0.2, 0) is 10.2 Å². The van der Waals surface area contributed by atoms with Gasteiger partial charge in [0.2, 0.25) is 5.91 Å². The lowest BCUT2D eigenvalue weighted by Crippen LogP contribution is -2.31. The number of rotatable bonds is 1. The first kappa shape index (κ1) is 11.5. The van der Waals surface area contributed by atoms with Gasteiger partial charge in [0.25, 0.3) is 0 Å².